The predicted molar refractivity (Wildman–Crippen MR) is 32.1 cm³/mol. The summed E-state index contributed by atoms with van der Waals surface area (Å²) >= 11 is 0. The first-order chi connectivity index (χ1) is 3.12. The van der Waals surface area contributed by atoms with Gasteiger partial charge in [-0.2, -0.15) is 0 Å². The summed E-state index contributed by atoms with van der Waals surface area (Å²) in [5.74, 6) is 0. The molecule has 0 amide bonds. The van der Waals surface area contributed by atoms with Gasteiger partial charge in [0.2, 0.25) is 0 Å². The van der Waals surface area contributed by atoms with Crippen molar-refractivity contribution in [3.05, 3.63) is 0 Å². The van der Waals surface area contributed by atoms with E-state index in [1.165, 1.54) is 0 Å². The Morgan fingerprint density at radius 1 is 1.44 bits per heavy atom. The third kappa shape index (κ3) is 9.76. The summed E-state index contributed by atoms with van der Waals surface area (Å²) in [4.78, 5) is 7.49. The maximum atomic E-state index is 10.4. The van der Waals surface area contributed by atoms with Crippen molar-refractivity contribution in [2.24, 2.45) is 0 Å². The molecule has 4 nitrogen and oxygen atoms in total. The Labute approximate surface area is 93.0 Å². The minimum Gasteiger partial charge on any atom is -1.00 e. The molecule has 0 bridgehead atoms. The van der Waals surface area contributed by atoms with Crippen LogP contribution in [-0.2, 0) is 14.0 Å². The average molecular weight is 206 g/mol. The van der Waals surface area contributed by atoms with E-state index in [1.54, 1.807) is 0 Å². The van der Waals surface area contributed by atoms with E-state index in [2.05, 4.69) is 9.46 Å². The molecule has 1 N–H and O–H groups in total. The van der Waals surface area contributed by atoms with E-state index >= 15 is 0 Å². The van der Waals surface area contributed by atoms with Gasteiger partial charge in [0, 0.05) is 0 Å². The van der Waals surface area contributed by atoms with Gasteiger partial charge in [-0.15, -0.1) is 0 Å². The van der Waals surface area contributed by atoms with Crippen LogP contribution in [-0.4, -0.2) is 60.0 Å². The average Bonchev–Trinajstić information content (AvgIpc) is 1.68. The minimum atomic E-state index is -4.99. The summed E-state index contributed by atoms with van der Waals surface area (Å²) in [5.41, 5.74) is 0. The minimum absolute atomic E-state index is 0. The van der Waals surface area contributed by atoms with Gasteiger partial charge in [0.25, 0.3) is 0 Å². The van der Waals surface area contributed by atoms with E-state index < -0.39 is 7.82 Å². The van der Waals surface area contributed by atoms with Crippen LogP contribution in [0.4, 0.5) is 9.05 Å². The van der Waals surface area contributed by atoms with Crippen molar-refractivity contribution >= 4 is 62.9 Å². The van der Waals surface area contributed by atoms with Gasteiger partial charge in [-0.25, -0.2) is 4.57 Å². The van der Waals surface area contributed by atoms with Gasteiger partial charge in [0.05, 0.1) is 0 Å². The van der Waals surface area contributed by atoms with E-state index in [0.717, 1.165) is 0 Å². The molecule has 0 aromatic heterocycles. The van der Waals surface area contributed by atoms with Gasteiger partial charge >= 0.3 is 45.6 Å². The quantitative estimate of drug-likeness (QED) is 0.491. The first-order valence-electron chi connectivity index (χ1n) is 1.06. The Kier molecular flexibility index (Phi) is 14.9. The van der Waals surface area contributed by atoms with Crippen molar-refractivity contribution in [3.8, 4) is 0 Å². The molecule has 0 heterocycles. The van der Waals surface area contributed by atoms with Crippen LogP contribution in [0.3, 0.4) is 0 Å². The summed E-state index contributed by atoms with van der Waals surface area (Å²) in [7, 11) is -4.99. The van der Waals surface area contributed by atoms with E-state index in [9.17, 15) is 13.6 Å². The zero-order chi connectivity index (χ0) is 5.91. The fourth-order valence-corrected chi connectivity index (χ4v) is 0.0319. The Bertz CT molecular complexity index is 98.1. The number of hydrogen-bond acceptors (Lipinski definition) is 3. The first-order valence-corrected chi connectivity index (χ1v) is 2.55. The second kappa shape index (κ2) is 7.86. The van der Waals surface area contributed by atoms with Crippen molar-refractivity contribution in [3.63, 3.8) is 0 Å². The fraction of sp³-hybridized carbons (Fsp3) is 0. The molecule has 0 aromatic carbocycles. The molecule has 9 heteroatoms. The van der Waals surface area contributed by atoms with Gasteiger partial charge in [-0.3, -0.25) is 4.89 Å². The summed E-state index contributed by atoms with van der Waals surface area (Å²) < 4.78 is 34.3. The third-order valence-electron chi connectivity index (χ3n) is 0.174. The van der Waals surface area contributed by atoms with Crippen LogP contribution in [0.1, 0.15) is 2.85 Å². The van der Waals surface area contributed by atoms with E-state index in [0.29, 0.717) is 0 Å². The van der Waals surface area contributed by atoms with Crippen LogP contribution in [0.15, 0.2) is 0 Å². The van der Waals surface area contributed by atoms with Crippen molar-refractivity contribution in [1.29, 1.82) is 0 Å². The molecular formula is H6AlCaF2O4P. The molecule has 0 radical (unpaired) electrons. The molecule has 0 spiro atoms. The Morgan fingerprint density at radius 2 is 1.67 bits per heavy atom. The van der Waals surface area contributed by atoms with Gasteiger partial charge in [-0.1, -0.05) is 9.46 Å². The second-order valence-electron chi connectivity index (χ2n) is 0.607. The molecule has 0 unspecified atom stereocenters. The SMILES string of the molecule is O=P(O)(OF)OF.[AlH3].[Ca+2].[H-].[H-]. The smallest absolute Gasteiger partial charge is 1.00 e. The molecule has 54 valence electrons. The molecule has 0 aliphatic heterocycles. The zero-order valence-corrected chi connectivity index (χ0v) is 6.69. The van der Waals surface area contributed by atoms with Crippen molar-refractivity contribution in [2.75, 3.05) is 0 Å². The normalized spacial score (nSPS) is 9.22. The topological polar surface area (TPSA) is 55.8 Å². The number of halogens is 2. The van der Waals surface area contributed by atoms with Crippen LogP contribution < -0.4 is 0 Å². The van der Waals surface area contributed by atoms with Crippen LogP contribution in [0.5, 0.6) is 0 Å². The largest absolute Gasteiger partial charge is 2.00 e. The molecule has 0 saturated heterocycles. The predicted octanol–water partition coefficient (Wildman–Crippen LogP) is -0.451. The third-order valence-corrected chi connectivity index (χ3v) is 0.523. The first kappa shape index (κ1) is 17.0. The van der Waals surface area contributed by atoms with Crippen LogP contribution >= 0.6 is 7.82 Å². The Morgan fingerprint density at radius 3 is 1.67 bits per heavy atom. The maximum Gasteiger partial charge on any atom is 2.00 e. The molecule has 0 aromatic rings. The summed E-state index contributed by atoms with van der Waals surface area (Å²) in [5, 5.41) is 0. The zero-order valence-electron chi connectivity index (χ0n) is 5.58. The molecule has 0 aliphatic carbocycles. The number of phosphoric acid groups is 1. The molecule has 0 aliphatic rings. The van der Waals surface area contributed by atoms with E-state index in [-0.39, 0.29) is 58.0 Å². The monoisotopic (exact) mass is 206 g/mol. The van der Waals surface area contributed by atoms with Crippen molar-refractivity contribution in [1.82, 2.24) is 0 Å². The summed E-state index contributed by atoms with van der Waals surface area (Å²) in [6.45, 7) is 0. The number of hydrogen-bond donors (Lipinski definition) is 1. The summed E-state index contributed by atoms with van der Waals surface area (Å²) in [6.07, 6.45) is 0. The van der Waals surface area contributed by atoms with Gasteiger partial charge in [-0.05, 0) is 9.05 Å². The molecule has 0 fully saturated rings. The molecule has 0 atom stereocenters. The van der Waals surface area contributed by atoms with E-state index in [1.807, 2.05) is 0 Å². The van der Waals surface area contributed by atoms with Crippen molar-refractivity contribution in [2.45, 2.75) is 0 Å². The summed E-state index contributed by atoms with van der Waals surface area (Å²) in [6, 6.07) is 0. The molecule has 0 rings (SSSR count). The Balaban J connectivity index is -0.0000000300. The second-order valence-corrected chi connectivity index (χ2v) is 1.82. The van der Waals surface area contributed by atoms with Crippen LogP contribution in [0.25, 0.3) is 0 Å². The van der Waals surface area contributed by atoms with Gasteiger partial charge < -0.3 is 2.85 Å². The Hall–Kier alpha value is 1.76. The fourth-order valence-electron chi connectivity index (χ4n) is 0.0106. The number of rotatable bonds is 2. The van der Waals surface area contributed by atoms with Crippen LogP contribution in [0.2, 0.25) is 0 Å². The van der Waals surface area contributed by atoms with Gasteiger partial charge in [0.15, 0.2) is 17.4 Å². The van der Waals surface area contributed by atoms with Crippen LogP contribution in [0, 0.1) is 0 Å². The van der Waals surface area contributed by atoms with Crippen molar-refractivity contribution < 1.29 is 30.8 Å². The standard InChI is InChI=1S/Al.Ca.F2HO4P.5H/c;;1-5-7(3,4)6-2;;;;;/h;;(H,3,4);;;;;/q;+2;;;;;2*-1. The molecule has 9 heavy (non-hydrogen) atoms. The maximum absolute atomic E-state index is 10.4. The molecule has 0 saturated carbocycles. The van der Waals surface area contributed by atoms with Gasteiger partial charge in [0.1, 0.15) is 0 Å². The molecular weight excluding hydrogens is 200 g/mol. The van der Waals surface area contributed by atoms with E-state index in [4.69, 9.17) is 4.89 Å².